The topological polar surface area (TPSA) is 81.5 Å². The van der Waals surface area contributed by atoms with E-state index in [2.05, 4.69) is 58.8 Å². The molecule has 33 heavy (non-hydrogen) atoms. The van der Waals surface area contributed by atoms with E-state index in [1.807, 2.05) is 30.3 Å². The molecule has 0 radical (unpaired) electrons. The van der Waals surface area contributed by atoms with E-state index in [4.69, 9.17) is 4.42 Å². The first kappa shape index (κ1) is 22.6. The summed E-state index contributed by atoms with van der Waals surface area (Å²) in [4.78, 5) is 19.7. The van der Waals surface area contributed by atoms with Crippen molar-refractivity contribution < 1.29 is 9.34 Å². The van der Waals surface area contributed by atoms with Crippen LogP contribution >= 0.6 is 15.9 Å². The first-order valence-corrected chi connectivity index (χ1v) is 11.2. The molecule has 0 saturated carbocycles. The Morgan fingerprint density at radius 1 is 1.06 bits per heavy atom. The smallest absolute Gasteiger partial charge is 0.284 e. The highest BCUT2D eigenvalue weighted by Crippen LogP contribution is 2.30. The van der Waals surface area contributed by atoms with Gasteiger partial charge in [0.15, 0.2) is 5.58 Å². The van der Waals surface area contributed by atoms with Gasteiger partial charge < -0.3 is 4.42 Å². The Morgan fingerprint density at radius 3 is 2.52 bits per heavy atom. The van der Waals surface area contributed by atoms with Gasteiger partial charge >= 0.3 is 0 Å². The Labute approximate surface area is 200 Å². The molecular formula is C26H22BrN3O3. The molecule has 0 fully saturated rings. The molecule has 0 aliphatic carbocycles. The molecule has 7 heteroatoms. The number of benzene rings is 3. The maximum atomic E-state index is 11.1. The molecule has 3 aromatic carbocycles. The van der Waals surface area contributed by atoms with Gasteiger partial charge in [0.2, 0.25) is 5.89 Å². The van der Waals surface area contributed by atoms with Gasteiger partial charge in [0.25, 0.3) is 5.69 Å². The van der Waals surface area contributed by atoms with Crippen LogP contribution in [0.1, 0.15) is 31.9 Å². The number of fused-ring (bicyclic) bond motifs is 1. The van der Waals surface area contributed by atoms with Crippen molar-refractivity contribution >= 4 is 50.7 Å². The molecule has 4 aromatic rings. The van der Waals surface area contributed by atoms with Gasteiger partial charge in [0.05, 0.1) is 15.1 Å². The predicted molar refractivity (Wildman–Crippen MR) is 136 cm³/mol. The number of allylic oxidation sites excluding steroid dienone is 1. The third kappa shape index (κ3) is 5.26. The van der Waals surface area contributed by atoms with E-state index in [9.17, 15) is 10.1 Å². The van der Waals surface area contributed by atoms with Crippen LogP contribution in [-0.4, -0.2) is 16.1 Å². The van der Waals surface area contributed by atoms with Crippen molar-refractivity contribution in [3.63, 3.8) is 0 Å². The number of rotatable bonds is 5. The average Bonchev–Trinajstić information content (AvgIpc) is 3.20. The molecule has 6 nitrogen and oxygen atoms in total. The number of aliphatic imine (C=N–C) groups is 1. The molecule has 0 N–H and O–H groups in total. The summed E-state index contributed by atoms with van der Waals surface area (Å²) in [7, 11) is 0. The van der Waals surface area contributed by atoms with Crippen LogP contribution in [0.4, 0.5) is 11.4 Å². The van der Waals surface area contributed by atoms with Crippen molar-refractivity contribution in [3.05, 3.63) is 92.5 Å². The Hall–Kier alpha value is -3.58. The fourth-order valence-electron chi connectivity index (χ4n) is 3.29. The number of aromatic nitrogens is 1. The molecule has 0 spiro atoms. The van der Waals surface area contributed by atoms with Crippen molar-refractivity contribution in [1.82, 2.24) is 4.98 Å². The van der Waals surface area contributed by atoms with Crippen LogP contribution in [0.15, 0.2) is 80.6 Å². The molecule has 0 amide bonds. The summed E-state index contributed by atoms with van der Waals surface area (Å²) in [5.41, 5.74) is 5.17. The summed E-state index contributed by atoms with van der Waals surface area (Å²) >= 11 is 3.18. The van der Waals surface area contributed by atoms with Gasteiger partial charge in [-0.05, 0) is 74.9 Å². The number of oxazole rings is 1. The molecule has 0 atom stereocenters. The molecule has 1 heterocycles. The number of hydrogen-bond acceptors (Lipinski definition) is 5. The summed E-state index contributed by atoms with van der Waals surface area (Å²) in [6.45, 7) is 6.55. The third-order valence-corrected chi connectivity index (χ3v) is 5.80. The fraction of sp³-hybridized carbons (Fsp3) is 0.154. The molecule has 0 bridgehead atoms. The Bertz CT molecular complexity index is 1380. The van der Waals surface area contributed by atoms with Gasteiger partial charge in [0, 0.05) is 17.8 Å². The van der Waals surface area contributed by atoms with Crippen LogP contribution in [-0.2, 0) is 5.41 Å². The van der Waals surface area contributed by atoms with E-state index in [1.54, 1.807) is 30.5 Å². The number of nitro benzene ring substituents is 1. The van der Waals surface area contributed by atoms with Gasteiger partial charge in [0.1, 0.15) is 5.52 Å². The van der Waals surface area contributed by atoms with Gasteiger partial charge in [-0.3, -0.25) is 15.1 Å². The minimum absolute atomic E-state index is 0.0226. The van der Waals surface area contributed by atoms with Crippen LogP contribution in [0, 0.1) is 10.1 Å². The van der Waals surface area contributed by atoms with E-state index < -0.39 is 4.92 Å². The molecule has 0 saturated heterocycles. The second-order valence-corrected chi connectivity index (χ2v) is 9.46. The lowest BCUT2D eigenvalue weighted by Crippen LogP contribution is -2.10. The Morgan fingerprint density at radius 2 is 1.82 bits per heavy atom. The maximum absolute atomic E-state index is 11.1. The monoisotopic (exact) mass is 503 g/mol. The van der Waals surface area contributed by atoms with Crippen LogP contribution in [0.5, 0.6) is 0 Å². The van der Waals surface area contributed by atoms with Gasteiger partial charge in [-0.2, -0.15) is 0 Å². The highest BCUT2D eigenvalue weighted by atomic mass is 79.9. The van der Waals surface area contributed by atoms with E-state index in [0.29, 0.717) is 21.5 Å². The molecule has 1 aromatic heterocycles. The number of hydrogen-bond donors (Lipinski definition) is 0. The second-order valence-electron chi connectivity index (χ2n) is 8.60. The predicted octanol–water partition coefficient (Wildman–Crippen LogP) is 7.88. The van der Waals surface area contributed by atoms with Gasteiger partial charge in [-0.1, -0.05) is 45.0 Å². The van der Waals surface area contributed by atoms with Crippen LogP contribution in [0.2, 0.25) is 0 Å². The lowest BCUT2D eigenvalue weighted by molar-refractivity contribution is -0.385. The normalized spacial score (nSPS) is 12.2. The van der Waals surface area contributed by atoms with Gasteiger partial charge in [-0.25, -0.2) is 4.98 Å². The van der Waals surface area contributed by atoms with Crippen LogP contribution in [0.25, 0.3) is 28.6 Å². The van der Waals surface area contributed by atoms with E-state index >= 15 is 0 Å². The first-order valence-electron chi connectivity index (χ1n) is 10.4. The molecule has 0 aliphatic heterocycles. The number of halogens is 1. The van der Waals surface area contributed by atoms with E-state index in [-0.39, 0.29) is 11.1 Å². The van der Waals surface area contributed by atoms with Crippen molar-refractivity contribution in [2.45, 2.75) is 26.2 Å². The highest BCUT2D eigenvalue weighted by Gasteiger charge is 2.15. The number of nitro groups is 1. The fourth-order valence-corrected chi connectivity index (χ4v) is 3.68. The van der Waals surface area contributed by atoms with E-state index in [0.717, 1.165) is 16.8 Å². The zero-order valence-corrected chi connectivity index (χ0v) is 20.0. The lowest BCUT2D eigenvalue weighted by Gasteiger charge is -2.18. The van der Waals surface area contributed by atoms with E-state index in [1.165, 1.54) is 11.6 Å². The molecule has 166 valence electrons. The minimum Gasteiger partial charge on any atom is -0.436 e. The minimum atomic E-state index is -0.421. The highest BCUT2D eigenvalue weighted by molar-refractivity contribution is 9.10. The third-order valence-electron chi connectivity index (χ3n) is 5.13. The van der Waals surface area contributed by atoms with Crippen molar-refractivity contribution in [2.75, 3.05) is 0 Å². The summed E-state index contributed by atoms with van der Waals surface area (Å²) in [6.07, 6.45) is 5.14. The molecule has 0 aliphatic rings. The molecular weight excluding hydrogens is 482 g/mol. The standard InChI is InChI=1S/C26H22BrN3O3/c1-26(2,3)19-9-7-18(8-10-19)25-29-22-16-20(11-13-24(22)33-25)28-14-4-5-17-6-12-21(27)23(15-17)30(31)32/h4-16H,1-3H3. The second kappa shape index (κ2) is 9.11. The summed E-state index contributed by atoms with van der Waals surface area (Å²) in [6, 6.07) is 18.8. The molecule has 4 rings (SSSR count). The van der Waals surface area contributed by atoms with Crippen LogP contribution in [0.3, 0.4) is 0 Å². The molecule has 0 unspecified atom stereocenters. The zero-order valence-electron chi connectivity index (χ0n) is 18.4. The van der Waals surface area contributed by atoms with Crippen molar-refractivity contribution in [2.24, 2.45) is 4.99 Å². The Kier molecular flexibility index (Phi) is 6.24. The van der Waals surface area contributed by atoms with Crippen LogP contribution < -0.4 is 0 Å². The quantitative estimate of drug-likeness (QED) is 0.157. The summed E-state index contributed by atoms with van der Waals surface area (Å²) in [5.74, 6) is 0.573. The summed E-state index contributed by atoms with van der Waals surface area (Å²) < 4.78 is 6.37. The lowest BCUT2D eigenvalue weighted by atomic mass is 9.87. The number of nitrogens with zero attached hydrogens (tertiary/aromatic N) is 3. The van der Waals surface area contributed by atoms with Gasteiger partial charge in [-0.15, -0.1) is 0 Å². The largest absolute Gasteiger partial charge is 0.436 e. The SMILES string of the molecule is CC(C)(C)c1ccc(-c2nc3cc(N=CC=Cc4ccc(Br)c([N+](=O)[O-])c4)ccc3o2)cc1. The Balaban J connectivity index is 1.51. The summed E-state index contributed by atoms with van der Waals surface area (Å²) in [5, 5.41) is 11.1. The van der Waals surface area contributed by atoms with Crippen molar-refractivity contribution in [1.29, 1.82) is 0 Å². The van der Waals surface area contributed by atoms with Crippen molar-refractivity contribution in [3.8, 4) is 11.5 Å². The maximum Gasteiger partial charge on any atom is 0.284 e. The first-order chi connectivity index (χ1) is 15.7. The zero-order chi connectivity index (χ0) is 23.6. The average molecular weight is 504 g/mol.